The fourth-order valence-electron chi connectivity index (χ4n) is 2.74. The van der Waals surface area contributed by atoms with Crippen LogP contribution in [0.2, 0.25) is 0 Å². The second-order valence-corrected chi connectivity index (χ2v) is 9.01. The number of carbonyl (C=O) groups excluding carboxylic acids is 1. The van der Waals surface area contributed by atoms with Gasteiger partial charge in [0.05, 0.1) is 15.6 Å². The summed E-state index contributed by atoms with van der Waals surface area (Å²) >= 11 is 10.3. The summed E-state index contributed by atoms with van der Waals surface area (Å²) < 4.78 is 0.661. The van der Waals surface area contributed by atoms with E-state index in [9.17, 15) is 4.79 Å². The van der Waals surface area contributed by atoms with Gasteiger partial charge in [0.25, 0.3) is 5.91 Å². The molecule has 3 heterocycles. The van der Waals surface area contributed by atoms with Gasteiger partial charge in [0.15, 0.2) is 0 Å². The van der Waals surface area contributed by atoms with Crippen LogP contribution in [0.4, 0.5) is 5.69 Å². The summed E-state index contributed by atoms with van der Waals surface area (Å²) in [6.45, 7) is 3.60. The Kier molecular flexibility index (Phi) is 4.21. The molecule has 0 spiro atoms. The molecule has 0 aromatic heterocycles. The summed E-state index contributed by atoms with van der Waals surface area (Å²) in [7, 11) is 0. The molecule has 1 fully saturated rings. The molecule has 1 saturated heterocycles. The van der Waals surface area contributed by atoms with E-state index in [1.165, 1.54) is 32.3 Å². The smallest absolute Gasteiger partial charge is 0.266 e. The monoisotopic (exact) mass is 378 g/mol. The minimum Gasteiger partial charge on any atom is -0.333 e. The molecule has 3 nitrogen and oxygen atoms in total. The maximum absolute atomic E-state index is 12.4. The van der Waals surface area contributed by atoms with Crippen LogP contribution in [0.1, 0.15) is 6.92 Å². The number of fused-ring (bicyclic) bond motifs is 3. The molecule has 0 saturated carbocycles. The quantitative estimate of drug-likeness (QED) is 0.562. The second-order valence-electron chi connectivity index (χ2n) is 5.17. The third kappa shape index (κ3) is 2.63. The average molecular weight is 379 g/mol. The maximum Gasteiger partial charge on any atom is 0.266 e. The highest BCUT2D eigenvalue weighted by molar-refractivity contribution is 8.26. The van der Waals surface area contributed by atoms with E-state index in [0.717, 1.165) is 17.2 Å². The van der Waals surface area contributed by atoms with Gasteiger partial charge in [0, 0.05) is 28.6 Å². The first-order valence-corrected chi connectivity index (χ1v) is 10.4. The van der Waals surface area contributed by atoms with Crippen molar-refractivity contribution in [2.24, 2.45) is 0 Å². The molecular formula is C16H14N2OS4. The molecule has 0 N–H and O–H groups in total. The lowest BCUT2D eigenvalue weighted by Gasteiger charge is -2.26. The number of anilines is 1. The van der Waals surface area contributed by atoms with E-state index in [1.54, 1.807) is 16.7 Å². The van der Waals surface area contributed by atoms with Crippen LogP contribution in [-0.4, -0.2) is 34.0 Å². The van der Waals surface area contributed by atoms with Crippen LogP contribution < -0.4 is 4.90 Å². The van der Waals surface area contributed by atoms with Gasteiger partial charge in [-0.3, -0.25) is 9.69 Å². The first-order valence-electron chi connectivity index (χ1n) is 7.36. The number of hydrogen-bond acceptors (Lipinski definition) is 6. The van der Waals surface area contributed by atoms with E-state index < -0.39 is 0 Å². The normalized spacial score (nSPS) is 22.2. The molecule has 0 bridgehead atoms. The molecule has 0 atom stereocenters. The largest absolute Gasteiger partial charge is 0.333 e. The molecule has 7 heteroatoms. The highest BCUT2D eigenvalue weighted by Gasteiger charge is 2.34. The molecule has 3 aliphatic rings. The van der Waals surface area contributed by atoms with Gasteiger partial charge in [-0.15, -0.1) is 11.8 Å². The van der Waals surface area contributed by atoms with Crippen LogP contribution in [0.25, 0.3) is 0 Å². The van der Waals surface area contributed by atoms with Crippen LogP contribution in [0.3, 0.4) is 0 Å². The van der Waals surface area contributed by atoms with Crippen LogP contribution in [-0.2, 0) is 4.79 Å². The van der Waals surface area contributed by atoms with Crippen molar-refractivity contribution >= 4 is 63.4 Å². The Bertz CT molecular complexity index is 771. The third-order valence-corrected chi connectivity index (χ3v) is 7.56. The Balaban J connectivity index is 1.72. The van der Waals surface area contributed by atoms with Crippen LogP contribution in [0.15, 0.2) is 50.1 Å². The van der Waals surface area contributed by atoms with Gasteiger partial charge >= 0.3 is 0 Å². The molecular weight excluding hydrogens is 364 g/mol. The number of allylic oxidation sites excluding steroid dienone is 1. The molecule has 1 aromatic rings. The molecule has 0 radical (unpaired) electrons. The SMILES string of the molecule is CCN1C(=O)/C(=C/C2=C3Sc4ccccc4N3CCS2)SC1=S. The van der Waals surface area contributed by atoms with E-state index in [1.807, 2.05) is 24.8 Å². The van der Waals surface area contributed by atoms with E-state index in [4.69, 9.17) is 12.2 Å². The predicted octanol–water partition coefficient (Wildman–Crippen LogP) is 4.28. The van der Waals surface area contributed by atoms with Crippen molar-refractivity contribution in [3.05, 3.63) is 45.2 Å². The Hall–Kier alpha value is -0.890. The number of carbonyl (C=O) groups is 1. The molecule has 4 rings (SSSR count). The number of rotatable bonds is 2. The van der Waals surface area contributed by atoms with Crippen molar-refractivity contribution in [1.29, 1.82) is 0 Å². The lowest BCUT2D eigenvalue weighted by molar-refractivity contribution is -0.122. The first-order chi connectivity index (χ1) is 11.2. The number of nitrogens with zero attached hydrogens (tertiary/aromatic N) is 2. The van der Waals surface area contributed by atoms with E-state index in [-0.39, 0.29) is 5.91 Å². The van der Waals surface area contributed by atoms with Crippen molar-refractivity contribution in [2.45, 2.75) is 11.8 Å². The zero-order chi connectivity index (χ0) is 16.0. The van der Waals surface area contributed by atoms with Crippen LogP contribution in [0.5, 0.6) is 0 Å². The number of benzene rings is 1. The van der Waals surface area contributed by atoms with E-state index in [2.05, 4.69) is 29.2 Å². The number of hydrogen-bond donors (Lipinski definition) is 0. The summed E-state index contributed by atoms with van der Waals surface area (Å²) in [5.74, 6) is 1.06. The average Bonchev–Trinajstić information content (AvgIpc) is 3.06. The van der Waals surface area contributed by atoms with Gasteiger partial charge in [0.1, 0.15) is 4.32 Å². The summed E-state index contributed by atoms with van der Waals surface area (Å²) in [4.78, 5) is 19.7. The van der Waals surface area contributed by atoms with Crippen molar-refractivity contribution in [3.8, 4) is 0 Å². The number of amides is 1. The Morgan fingerprint density at radius 1 is 1.30 bits per heavy atom. The number of thiocarbonyl (C=S) groups is 1. The standard InChI is InChI=1S/C16H14N2OS4/c1-2-17-14(19)12(23-16(17)20)9-13-15-18(7-8-21-13)10-5-3-4-6-11(10)22-15/h3-6,9H,2,7-8H2,1H3/b12-9-. The van der Waals surface area contributed by atoms with Crippen LogP contribution in [0, 0.1) is 0 Å². The zero-order valence-electron chi connectivity index (χ0n) is 12.4. The summed E-state index contributed by atoms with van der Waals surface area (Å²) in [6, 6.07) is 8.48. The molecule has 23 heavy (non-hydrogen) atoms. The van der Waals surface area contributed by atoms with Gasteiger partial charge in [-0.05, 0) is 25.1 Å². The van der Waals surface area contributed by atoms with Crippen molar-refractivity contribution in [1.82, 2.24) is 4.90 Å². The Morgan fingerprint density at radius 3 is 2.91 bits per heavy atom. The molecule has 3 aliphatic heterocycles. The fourth-order valence-corrected chi connectivity index (χ4v) is 6.51. The predicted molar refractivity (Wildman–Crippen MR) is 105 cm³/mol. The fraction of sp³-hybridized carbons (Fsp3) is 0.250. The second kappa shape index (κ2) is 6.20. The molecule has 118 valence electrons. The first kappa shape index (κ1) is 15.6. The van der Waals surface area contributed by atoms with E-state index >= 15 is 0 Å². The highest BCUT2D eigenvalue weighted by Crippen LogP contribution is 2.51. The van der Waals surface area contributed by atoms with Crippen molar-refractivity contribution < 1.29 is 4.79 Å². The lowest BCUT2D eigenvalue weighted by Crippen LogP contribution is -2.27. The zero-order valence-corrected chi connectivity index (χ0v) is 15.7. The van der Waals surface area contributed by atoms with Gasteiger partial charge in [-0.2, -0.15) is 0 Å². The molecule has 1 aromatic carbocycles. The van der Waals surface area contributed by atoms with Gasteiger partial charge < -0.3 is 4.90 Å². The summed E-state index contributed by atoms with van der Waals surface area (Å²) in [5.41, 5.74) is 1.28. The number of thioether (sulfide) groups is 3. The molecule has 0 aliphatic carbocycles. The minimum absolute atomic E-state index is 0.0360. The van der Waals surface area contributed by atoms with Gasteiger partial charge in [0.2, 0.25) is 0 Å². The Morgan fingerprint density at radius 2 is 2.13 bits per heavy atom. The van der Waals surface area contributed by atoms with Crippen molar-refractivity contribution in [3.63, 3.8) is 0 Å². The summed E-state index contributed by atoms with van der Waals surface area (Å²) in [5, 5.41) is 1.24. The third-order valence-electron chi connectivity index (χ3n) is 3.84. The topological polar surface area (TPSA) is 23.6 Å². The Labute approximate surface area is 153 Å². The van der Waals surface area contributed by atoms with Gasteiger partial charge in [-0.25, -0.2) is 0 Å². The molecule has 1 amide bonds. The number of likely N-dealkylation sites (N-methyl/N-ethyl adjacent to an activating group) is 1. The maximum atomic E-state index is 12.4. The molecule has 0 unspecified atom stereocenters. The van der Waals surface area contributed by atoms with E-state index in [0.29, 0.717) is 10.9 Å². The minimum atomic E-state index is 0.0360. The highest BCUT2D eigenvalue weighted by atomic mass is 32.2. The van der Waals surface area contributed by atoms with Crippen LogP contribution >= 0.6 is 47.5 Å². The summed E-state index contributed by atoms with van der Waals surface area (Å²) in [6.07, 6.45) is 2.03. The number of para-hydroxylation sites is 1. The van der Waals surface area contributed by atoms with Crippen molar-refractivity contribution in [2.75, 3.05) is 23.7 Å². The van der Waals surface area contributed by atoms with Gasteiger partial charge in [-0.1, -0.05) is 47.9 Å². The lowest BCUT2D eigenvalue weighted by atomic mass is 10.3.